The summed E-state index contributed by atoms with van der Waals surface area (Å²) in [6, 6.07) is 18.9. The second kappa shape index (κ2) is 7.39. The van der Waals surface area contributed by atoms with Crippen molar-refractivity contribution in [3.05, 3.63) is 65.7 Å². The van der Waals surface area contributed by atoms with Crippen LogP contribution in [0.25, 0.3) is 10.9 Å². The molecule has 0 radical (unpaired) electrons. The van der Waals surface area contributed by atoms with Crippen LogP contribution in [0.4, 0.5) is 11.5 Å². The summed E-state index contributed by atoms with van der Waals surface area (Å²) in [5, 5.41) is 4.06. The number of benzene rings is 2. The number of anilines is 2. The quantitative estimate of drug-likeness (QED) is 0.742. The summed E-state index contributed by atoms with van der Waals surface area (Å²) in [5.41, 5.74) is 4.18. The monoisotopic (exact) mass is 386 g/mol. The molecule has 2 aromatic carbocycles. The van der Waals surface area contributed by atoms with Crippen LogP contribution in [0, 0.1) is 6.92 Å². The van der Waals surface area contributed by atoms with Gasteiger partial charge >= 0.3 is 0 Å². The van der Waals surface area contributed by atoms with Crippen molar-refractivity contribution in [2.45, 2.75) is 25.8 Å². The summed E-state index contributed by atoms with van der Waals surface area (Å²) in [4.78, 5) is 22.4. The minimum atomic E-state index is 0.0192. The van der Waals surface area contributed by atoms with E-state index < -0.39 is 0 Å². The number of hydrogen-bond donors (Lipinski definition) is 1. The zero-order valence-corrected chi connectivity index (χ0v) is 16.8. The van der Waals surface area contributed by atoms with E-state index in [-0.39, 0.29) is 5.91 Å². The Labute approximate surface area is 171 Å². The van der Waals surface area contributed by atoms with E-state index in [0.717, 1.165) is 61.3 Å². The molecule has 148 valence electrons. The number of para-hydroxylation sites is 1. The standard InChI is InChI=1S/C24H26N4O/c1-17-5-4-6-19(15-17)27-11-13-28(14-12-27)23-16-21(24(29)25-18-9-10-18)20-7-2-3-8-22(20)26-23/h2-8,15-16,18H,9-14H2,1H3,(H,25,29). The molecule has 5 nitrogen and oxygen atoms in total. The summed E-state index contributed by atoms with van der Waals surface area (Å²) in [5.74, 6) is 0.916. The fraction of sp³-hybridized carbons (Fsp3) is 0.333. The van der Waals surface area contributed by atoms with E-state index in [9.17, 15) is 4.79 Å². The third-order valence-electron chi connectivity index (χ3n) is 5.83. The number of aromatic nitrogens is 1. The summed E-state index contributed by atoms with van der Waals surface area (Å²) >= 11 is 0. The number of aryl methyl sites for hydroxylation is 1. The summed E-state index contributed by atoms with van der Waals surface area (Å²) in [7, 11) is 0. The molecule has 0 atom stereocenters. The van der Waals surface area contributed by atoms with Crippen LogP contribution < -0.4 is 15.1 Å². The molecule has 1 N–H and O–H groups in total. The minimum absolute atomic E-state index is 0.0192. The Bertz CT molecular complexity index is 1050. The number of nitrogens with one attached hydrogen (secondary N) is 1. The smallest absolute Gasteiger partial charge is 0.252 e. The molecule has 1 aliphatic carbocycles. The van der Waals surface area contributed by atoms with Gasteiger partial charge in [0, 0.05) is 43.3 Å². The highest BCUT2D eigenvalue weighted by Crippen LogP contribution is 2.27. The molecular formula is C24H26N4O. The first-order chi connectivity index (χ1) is 14.2. The molecule has 0 unspecified atom stereocenters. The van der Waals surface area contributed by atoms with Crippen molar-refractivity contribution < 1.29 is 4.79 Å². The third kappa shape index (κ3) is 3.77. The molecule has 3 aromatic rings. The number of hydrogen-bond acceptors (Lipinski definition) is 4. The predicted molar refractivity (Wildman–Crippen MR) is 118 cm³/mol. The van der Waals surface area contributed by atoms with Crippen LogP contribution in [0.1, 0.15) is 28.8 Å². The second-order valence-corrected chi connectivity index (χ2v) is 8.11. The third-order valence-corrected chi connectivity index (χ3v) is 5.83. The van der Waals surface area contributed by atoms with Gasteiger partial charge in [0.25, 0.3) is 5.91 Å². The first-order valence-electron chi connectivity index (χ1n) is 10.4. The molecule has 29 heavy (non-hydrogen) atoms. The fourth-order valence-electron chi connectivity index (χ4n) is 4.02. The molecule has 0 spiro atoms. The van der Waals surface area contributed by atoms with Gasteiger partial charge in [0.15, 0.2) is 0 Å². The first kappa shape index (κ1) is 18.0. The summed E-state index contributed by atoms with van der Waals surface area (Å²) in [6.45, 7) is 5.81. The zero-order chi connectivity index (χ0) is 19.8. The summed E-state index contributed by atoms with van der Waals surface area (Å²) in [6.07, 6.45) is 2.17. The van der Waals surface area contributed by atoms with Gasteiger partial charge in [-0.05, 0) is 49.6 Å². The lowest BCUT2D eigenvalue weighted by atomic mass is 10.1. The number of carbonyl (C=O) groups is 1. The zero-order valence-electron chi connectivity index (χ0n) is 16.8. The number of pyridine rings is 1. The van der Waals surface area contributed by atoms with Gasteiger partial charge in [0.2, 0.25) is 0 Å². The summed E-state index contributed by atoms with van der Waals surface area (Å²) < 4.78 is 0. The number of nitrogens with zero attached hydrogens (tertiary/aromatic N) is 3. The molecule has 1 aromatic heterocycles. The van der Waals surface area contributed by atoms with Gasteiger partial charge in [-0.1, -0.05) is 30.3 Å². The number of piperazine rings is 1. The molecular weight excluding hydrogens is 360 g/mol. The molecule has 1 saturated carbocycles. The Morgan fingerprint density at radius 3 is 2.48 bits per heavy atom. The van der Waals surface area contributed by atoms with Crippen molar-refractivity contribution in [3.63, 3.8) is 0 Å². The highest BCUT2D eigenvalue weighted by atomic mass is 16.1. The molecule has 2 fully saturated rings. The maximum absolute atomic E-state index is 12.8. The van der Waals surface area contributed by atoms with Gasteiger partial charge in [-0.2, -0.15) is 0 Å². The van der Waals surface area contributed by atoms with Crippen LogP contribution in [0.15, 0.2) is 54.6 Å². The number of carbonyl (C=O) groups excluding carboxylic acids is 1. The number of rotatable bonds is 4. The molecule has 2 heterocycles. The van der Waals surface area contributed by atoms with Gasteiger partial charge < -0.3 is 15.1 Å². The molecule has 5 rings (SSSR count). The Morgan fingerprint density at radius 1 is 0.966 bits per heavy atom. The molecule has 5 heteroatoms. The maximum atomic E-state index is 12.8. The van der Waals surface area contributed by atoms with Crippen LogP contribution in [0.2, 0.25) is 0 Å². The minimum Gasteiger partial charge on any atom is -0.368 e. The molecule has 2 aliphatic rings. The lowest BCUT2D eigenvalue weighted by Gasteiger charge is -2.37. The Morgan fingerprint density at radius 2 is 1.72 bits per heavy atom. The van der Waals surface area contributed by atoms with E-state index in [1.807, 2.05) is 30.3 Å². The topological polar surface area (TPSA) is 48.5 Å². The molecule has 0 bridgehead atoms. The predicted octanol–water partition coefficient (Wildman–Crippen LogP) is 3.76. The van der Waals surface area contributed by atoms with E-state index in [2.05, 4.69) is 46.3 Å². The highest BCUT2D eigenvalue weighted by molar-refractivity contribution is 6.07. The van der Waals surface area contributed by atoms with Gasteiger partial charge in [0.1, 0.15) is 5.82 Å². The van der Waals surface area contributed by atoms with Crippen LogP contribution in [-0.2, 0) is 0 Å². The molecule has 1 saturated heterocycles. The average Bonchev–Trinajstić information content (AvgIpc) is 3.57. The highest BCUT2D eigenvalue weighted by Gasteiger charge is 2.26. The van der Waals surface area contributed by atoms with Crippen LogP contribution in [-0.4, -0.2) is 43.1 Å². The van der Waals surface area contributed by atoms with Crippen molar-refractivity contribution in [2.75, 3.05) is 36.0 Å². The largest absolute Gasteiger partial charge is 0.368 e. The maximum Gasteiger partial charge on any atom is 0.252 e. The van der Waals surface area contributed by atoms with Crippen LogP contribution in [0.5, 0.6) is 0 Å². The SMILES string of the molecule is Cc1cccc(N2CCN(c3cc(C(=O)NC4CC4)c4ccccc4n3)CC2)c1. The number of amides is 1. The van der Waals surface area contributed by atoms with Crippen molar-refractivity contribution in [3.8, 4) is 0 Å². The Balaban J connectivity index is 1.39. The van der Waals surface area contributed by atoms with Gasteiger partial charge in [-0.15, -0.1) is 0 Å². The van der Waals surface area contributed by atoms with Crippen LogP contribution >= 0.6 is 0 Å². The van der Waals surface area contributed by atoms with Gasteiger partial charge in [-0.3, -0.25) is 4.79 Å². The normalized spacial score (nSPS) is 16.9. The molecule has 1 aliphatic heterocycles. The van der Waals surface area contributed by atoms with E-state index in [0.29, 0.717) is 6.04 Å². The van der Waals surface area contributed by atoms with E-state index >= 15 is 0 Å². The van der Waals surface area contributed by atoms with Crippen molar-refractivity contribution in [1.82, 2.24) is 10.3 Å². The fourth-order valence-corrected chi connectivity index (χ4v) is 4.02. The lowest BCUT2D eigenvalue weighted by molar-refractivity contribution is 0.0952. The Kier molecular flexibility index (Phi) is 4.58. The van der Waals surface area contributed by atoms with Gasteiger partial charge in [0.05, 0.1) is 11.1 Å². The Hall–Kier alpha value is -3.08. The van der Waals surface area contributed by atoms with Gasteiger partial charge in [-0.25, -0.2) is 4.98 Å². The van der Waals surface area contributed by atoms with E-state index in [1.54, 1.807) is 0 Å². The van der Waals surface area contributed by atoms with E-state index in [1.165, 1.54) is 11.3 Å². The second-order valence-electron chi connectivity index (χ2n) is 8.11. The molecule has 1 amide bonds. The first-order valence-corrected chi connectivity index (χ1v) is 10.4. The van der Waals surface area contributed by atoms with Crippen LogP contribution in [0.3, 0.4) is 0 Å². The lowest BCUT2D eigenvalue weighted by Crippen LogP contribution is -2.47. The van der Waals surface area contributed by atoms with Crippen molar-refractivity contribution in [1.29, 1.82) is 0 Å². The van der Waals surface area contributed by atoms with Crippen molar-refractivity contribution in [2.24, 2.45) is 0 Å². The number of fused-ring (bicyclic) bond motifs is 1. The van der Waals surface area contributed by atoms with E-state index in [4.69, 9.17) is 4.98 Å². The van der Waals surface area contributed by atoms with Crippen molar-refractivity contribution >= 4 is 28.3 Å². The average molecular weight is 386 g/mol.